The largest absolute Gasteiger partial charge is 0.497 e. The zero-order chi connectivity index (χ0) is 20.9. The van der Waals surface area contributed by atoms with E-state index in [0.717, 1.165) is 37.0 Å². The summed E-state index contributed by atoms with van der Waals surface area (Å²) in [5, 5.41) is 10.6. The molecule has 2 aromatic heterocycles. The minimum Gasteiger partial charge on any atom is -0.497 e. The minimum absolute atomic E-state index is 0.0335. The monoisotopic (exact) mass is 427 g/mol. The van der Waals surface area contributed by atoms with Gasteiger partial charge >= 0.3 is 6.01 Å². The Morgan fingerprint density at radius 3 is 2.67 bits per heavy atom. The van der Waals surface area contributed by atoms with Gasteiger partial charge in [0.2, 0.25) is 0 Å². The summed E-state index contributed by atoms with van der Waals surface area (Å²) in [6.07, 6.45) is 6.33. The molecule has 1 amide bonds. The van der Waals surface area contributed by atoms with Crippen LogP contribution in [0.1, 0.15) is 36.2 Å². The van der Waals surface area contributed by atoms with Gasteiger partial charge in [-0.05, 0) is 43.9 Å². The van der Waals surface area contributed by atoms with E-state index in [1.807, 2.05) is 24.3 Å². The number of methoxy groups -OCH3 is 1. The van der Waals surface area contributed by atoms with Gasteiger partial charge in [-0.2, -0.15) is 5.10 Å². The number of halogens is 1. The molecule has 2 N–H and O–H groups in total. The Hall–Kier alpha value is -3.13. The van der Waals surface area contributed by atoms with Gasteiger partial charge in [0, 0.05) is 11.6 Å². The fourth-order valence-electron chi connectivity index (χ4n) is 3.47. The fourth-order valence-corrected chi connectivity index (χ4v) is 3.56. The quantitative estimate of drug-likeness (QED) is 0.622. The number of nitrogens with zero attached hydrogens (tertiary/aromatic N) is 3. The highest BCUT2D eigenvalue weighted by atomic mass is 35.5. The second kappa shape index (κ2) is 9.13. The Kier molecular flexibility index (Phi) is 6.13. The molecular formula is C21H22ClN5O3. The molecule has 30 heavy (non-hydrogen) atoms. The lowest BCUT2D eigenvalue weighted by molar-refractivity contribution is 0.0880. The van der Waals surface area contributed by atoms with Crippen LogP contribution in [0.3, 0.4) is 0 Å². The molecule has 0 unspecified atom stereocenters. The molecule has 2 heterocycles. The zero-order valence-corrected chi connectivity index (χ0v) is 17.2. The average molecular weight is 428 g/mol. The van der Waals surface area contributed by atoms with E-state index in [1.165, 1.54) is 12.4 Å². The maximum absolute atomic E-state index is 12.6. The summed E-state index contributed by atoms with van der Waals surface area (Å²) in [7, 11) is 1.62. The first kappa shape index (κ1) is 20.2. The molecule has 1 aliphatic carbocycles. The lowest BCUT2D eigenvalue weighted by Crippen LogP contribution is -2.40. The van der Waals surface area contributed by atoms with Crippen molar-refractivity contribution in [1.29, 1.82) is 0 Å². The normalized spacial score (nSPS) is 18.6. The van der Waals surface area contributed by atoms with Gasteiger partial charge in [-0.1, -0.05) is 23.7 Å². The Bertz CT molecular complexity index is 1000. The number of ether oxygens (including phenoxy) is 2. The molecule has 1 aliphatic rings. The minimum atomic E-state index is -0.165. The van der Waals surface area contributed by atoms with E-state index < -0.39 is 0 Å². The summed E-state index contributed by atoms with van der Waals surface area (Å²) in [6, 6.07) is 9.72. The number of rotatable bonds is 6. The lowest BCUT2D eigenvalue weighted by Gasteiger charge is -2.28. The highest BCUT2D eigenvalue weighted by Crippen LogP contribution is 2.24. The number of aromatic nitrogens is 4. The van der Waals surface area contributed by atoms with Crippen LogP contribution in [0.2, 0.25) is 5.02 Å². The summed E-state index contributed by atoms with van der Waals surface area (Å²) in [5.74, 6) is 0.575. The molecular weight excluding hydrogens is 406 g/mol. The molecule has 0 bridgehead atoms. The van der Waals surface area contributed by atoms with Crippen LogP contribution in [0, 0.1) is 0 Å². The van der Waals surface area contributed by atoms with Crippen molar-refractivity contribution in [1.82, 2.24) is 25.5 Å². The van der Waals surface area contributed by atoms with Gasteiger partial charge in [-0.25, -0.2) is 9.97 Å². The molecule has 0 atom stereocenters. The molecule has 1 aromatic carbocycles. The maximum Gasteiger partial charge on any atom is 0.316 e. The van der Waals surface area contributed by atoms with Crippen LogP contribution in [-0.4, -0.2) is 45.3 Å². The van der Waals surface area contributed by atoms with Gasteiger partial charge < -0.3 is 14.8 Å². The molecule has 0 aliphatic heterocycles. The van der Waals surface area contributed by atoms with E-state index in [1.54, 1.807) is 13.2 Å². The van der Waals surface area contributed by atoms with Gasteiger partial charge in [-0.3, -0.25) is 9.89 Å². The number of H-pyrrole nitrogens is 1. The van der Waals surface area contributed by atoms with E-state index in [4.69, 9.17) is 21.1 Å². The van der Waals surface area contributed by atoms with E-state index in [-0.39, 0.29) is 18.1 Å². The molecule has 0 spiro atoms. The van der Waals surface area contributed by atoms with E-state index >= 15 is 0 Å². The van der Waals surface area contributed by atoms with Crippen molar-refractivity contribution in [2.24, 2.45) is 0 Å². The molecule has 8 nitrogen and oxygen atoms in total. The van der Waals surface area contributed by atoms with E-state index in [2.05, 4.69) is 25.5 Å². The van der Waals surface area contributed by atoms with Crippen molar-refractivity contribution in [3.05, 3.63) is 53.4 Å². The first-order chi connectivity index (χ1) is 14.6. The van der Waals surface area contributed by atoms with Gasteiger partial charge in [0.05, 0.1) is 30.2 Å². The first-order valence-corrected chi connectivity index (χ1v) is 10.1. The highest BCUT2D eigenvalue weighted by Gasteiger charge is 2.25. The lowest BCUT2D eigenvalue weighted by atomic mass is 9.93. The van der Waals surface area contributed by atoms with Gasteiger partial charge in [-0.15, -0.1) is 0 Å². The van der Waals surface area contributed by atoms with Crippen LogP contribution in [-0.2, 0) is 0 Å². The van der Waals surface area contributed by atoms with Crippen LogP contribution in [0.5, 0.6) is 11.8 Å². The van der Waals surface area contributed by atoms with Crippen molar-refractivity contribution >= 4 is 17.5 Å². The summed E-state index contributed by atoms with van der Waals surface area (Å²) in [5.41, 5.74) is 2.01. The van der Waals surface area contributed by atoms with Gasteiger partial charge in [0.1, 0.15) is 17.5 Å². The van der Waals surface area contributed by atoms with Crippen LogP contribution in [0.4, 0.5) is 0 Å². The third kappa shape index (κ3) is 4.88. The number of aromatic amines is 1. The molecule has 1 saturated carbocycles. The molecule has 3 aromatic rings. The standard InChI is InChI=1S/C21H22ClN5O3/c1-29-17-4-2-3-13(9-17)18-10-19(27-26-18)20(28)25-15-5-7-16(8-6-15)30-21-23-11-14(22)12-24-21/h2-4,9-12,15-16H,5-8H2,1H3,(H,25,28)(H,26,27). The van der Waals surface area contributed by atoms with Crippen molar-refractivity contribution in [3.63, 3.8) is 0 Å². The number of nitrogens with one attached hydrogen (secondary N) is 2. The van der Waals surface area contributed by atoms with Crippen molar-refractivity contribution in [2.45, 2.75) is 37.8 Å². The molecule has 0 radical (unpaired) electrons. The highest BCUT2D eigenvalue weighted by molar-refractivity contribution is 6.30. The van der Waals surface area contributed by atoms with E-state index in [9.17, 15) is 4.79 Å². The van der Waals surface area contributed by atoms with Crippen molar-refractivity contribution in [3.8, 4) is 23.0 Å². The molecule has 0 saturated heterocycles. The number of carbonyl (C=O) groups excluding carboxylic acids is 1. The van der Waals surface area contributed by atoms with E-state index in [0.29, 0.717) is 22.4 Å². The molecule has 9 heteroatoms. The number of benzene rings is 1. The Morgan fingerprint density at radius 1 is 1.17 bits per heavy atom. The predicted octanol–water partition coefficient (Wildman–Crippen LogP) is 3.65. The number of hydrogen-bond donors (Lipinski definition) is 2. The number of carbonyl (C=O) groups is 1. The van der Waals surface area contributed by atoms with Gasteiger partial charge in [0.15, 0.2) is 0 Å². The Balaban J connectivity index is 1.30. The van der Waals surface area contributed by atoms with Crippen LogP contribution in [0.25, 0.3) is 11.3 Å². The topological polar surface area (TPSA) is 102 Å². The summed E-state index contributed by atoms with van der Waals surface area (Å²) < 4.78 is 11.0. The Labute approximate surface area is 179 Å². The second-order valence-electron chi connectivity index (χ2n) is 7.15. The first-order valence-electron chi connectivity index (χ1n) is 9.75. The van der Waals surface area contributed by atoms with Crippen LogP contribution in [0.15, 0.2) is 42.7 Å². The third-order valence-corrected chi connectivity index (χ3v) is 5.26. The predicted molar refractivity (Wildman–Crippen MR) is 112 cm³/mol. The summed E-state index contributed by atoms with van der Waals surface area (Å²) >= 11 is 5.79. The van der Waals surface area contributed by atoms with Crippen molar-refractivity contribution in [2.75, 3.05) is 7.11 Å². The third-order valence-electron chi connectivity index (χ3n) is 5.07. The summed E-state index contributed by atoms with van der Waals surface area (Å²) in [4.78, 5) is 20.7. The van der Waals surface area contributed by atoms with Gasteiger partial charge in [0.25, 0.3) is 5.91 Å². The van der Waals surface area contributed by atoms with Crippen LogP contribution < -0.4 is 14.8 Å². The fraction of sp³-hybridized carbons (Fsp3) is 0.333. The summed E-state index contributed by atoms with van der Waals surface area (Å²) in [6.45, 7) is 0. The molecule has 156 valence electrons. The van der Waals surface area contributed by atoms with Crippen LogP contribution >= 0.6 is 11.6 Å². The average Bonchev–Trinajstić information content (AvgIpc) is 3.27. The zero-order valence-electron chi connectivity index (χ0n) is 16.5. The number of amides is 1. The molecule has 1 fully saturated rings. The Morgan fingerprint density at radius 2 is 1.93 bits per heavy atom. The van der Waals surface area contributed by atoms with Crippen molar-refractivity contribution < 1.29 is 14.3 Å². The second-order valence-corrected chi connectivity index (χ2v) is 7.58. The molecule has 4 rings (SSSR count). The maximum atomic E-state index is 12.6. The number of hydrogen-bond acceptors (Lipinski definition) is 6. The smallest absolute Gasteiger partial charge is 0.316 e. The SMILES string of the molecule is COc1cccc(-c2cc(C(=O)NC3CCC(Oc4ncc(Cl)cn4)CC3)[nH]n2)c1.